The zero-order chi connectivity index (χ0) is 18.9. The number of amides is 2. The summed E-state index contributed by atoms with van der Waals surface area (Å²) in [6.45, 7) is 3.79. The van der Waals surface area contributed by atoms with Gasteiger partial charge in [0.2, 0.25) is 5.91 Å². The Kier molecular flexibility index (Phi) is 6.97. The number of likely N-dealkylation sites (N-methyl/N-ethyl adjacent to an activating group) is 1. The van der Waals surface area contributed by atoms with Gasteiger partial charge in [0.15, 0.2) is 0 Å². The first-order valence-corrected chi connectivity index (χ1v) is 8.52. The van der Waals surface area contributed by atoms with Crippen LogP contribution in [0.2, 0.25) is 0 Å². The van der Waals surface area contributed by atoms with Crippen LogP contribution in [-0.4, -0.2) is 24.9 Å². The molecule has 26 heavy (non-hydrogen) atoms. The minimum absolute atomic E-state index is 0.00190. The molecule has 0 saturated heterocycles. The number of rotatable bonds is 7. The Bertz CT molecular complexity index is 772. The van der Waals surface area contributed by atoms with E-state index in [0.29, 0.717) is 5.56 Å². The number of benzene rings is 1. The average molecular weight is 352 g/mol. The third kappa shape index (κ3) is 5.48. The Morgan fingerprint density at radius 1 is 1.04 bits per heavy atom. The van der Waals surface area contributed by atoms with Crippen LogP contribution in [-0.2, 0) is 4.79 Å². The van der Waals surface area contributed by atoms with Crippen molar-refractivity contribution in [3.05, 3.63) is 71.7 Å². The topological polar surface area (TPSA) is 71.3 Å². The first-order valence-electron chi connectivity index (χ1n) is 8.52. The van der Waals surface area contributed by atoms with Gasteiger partial charge >= 0.3 is 0 Å². The Labute approximate surface area is 153 Å². The van der Waals surface area contributed by atoms with Crippen LogP contribution in [0.4, 0.5) is 0 Å². The second kappa shape index (κ2) is 9.42. The quantitative estimate of drug-likeness (QED) is 0.749. The van der Waals surface area contributed by atoms with E-state index in [1.165, 1.54) is 0 Å². The van der Waals surface area contributed by atoms with Gasteiger partial charge in [-0.15, -0.1) is 0 Å². The van der Waals surface area contributed by atoms with Gasteiger partial charge in [0, 0.05) is 12.6 Å². The molecule has 136 valence electrons. The molecular weight excluding hydrogens is 328 g/mol. The van der Waals surface area contributed by atoms with E-state index >= 15 is 0 Å². The van der Waals surface area contributed by atoms with E-state index in [9.17, 15) is 9.59 Å². The molecule has 0 aliphatic heterocycles. The van der Waals surface area contributed by atoms with Gasteiger partial charge in [-0.3, -0.25) is 9.59 Å². The van der Waals surface area contributed by atoms with Crippen LogP contribution in [0.1, 0.15) is 35.5 Å². The van der Waals surface area contributed by atoms with E-state index in [1.807, 2.05) is 62.4 Å². The van der Waals surface area contributed by atoms with Gasteiger partial charge in [-0.1, -0.05) is 44.2 Å². The van der Waals surface area contributed by atoms with Crippen LogP contribution in [0.15, 0.2) is 59.2 Å². The summed E-state index contributed by atoms with van der Waals surface area (Å²) in [6, 6.07) is 10.4. The normalized spacial score (nSPS) is 12.6. The summed E-state index contributed by atoms with van der Waals surface area (Å²) >= 11 is 0. The maximum absolute atomic E-state index is 12.4. The van der Waals surface area contributed by atoms with Crippen molar-refractivity contribution in [2.75, 3.05) is 7.05 Å². The minimum atomic E-state index is -0.557. The van der Waals surface area contributed by atoms with E-state index in [1.54, 1.807) is 25.4 Å². The Hall–Kier alpha value is -3.08. The molecule has 2 aromatic rings. The lowest BCUT2D eigenvalue weighted by Gasteiger charge is -2.20. The molecule has 5 nitrogen and oxygen atoms in total. The molecular formula is C21H24N2O3. The first kappa shape index (κ1) is 19.2. The van der Waals surface area contributed by atoms with Crippen LogP contribution in [0, 0.1) is 5.92 Å². The number of furan rings is 1. The zero-order valence-corrected chi connectivity index (χ0v) is 15.2. The van der Waals surface area contributed by atoms with Crippen LogP contribution in [0.5, 0.6) is 0 Å². The van der Waals surface area contributed by atoms with Crippen molar-refractivity contribution in [2.45, 2.75) is 19.9 Å². The summed E-state index contributed by atoms with van der Waals surface area (Å²) in [5.41, 5.74) is 1.49. The lowest BCUT2D eigenvalue weighted by molar-refractivity contribution is -0.123. The molecule has 0 saturated carbocycles. The molecule has 2 N–H and O–H groups in total. The summed E-state index contributed by atoms with van der Waals surface area (Å²) in [4.78, 5) is 24.2. The summed E-state index contributed by atoms with van der Waals surface area (Å²) in [6.07, 6.45) is 9.21. The summed E-state index contributed by atoms with van der Waals surface area (Å²) in [7, 11) is 1.56. The second-order valence-corrected chi connectivity index (χ2v) is 6.17. The number of carbonyl (C=O) groups is 2. The van der Waals surface area contributed by atoms with Crippen molar-refractivity contribution in [2.24, 2.45) is 5.92 Å². The standard InChI is InChI=1S/C21H24N2O3/c1-15(2)19(21(25)22-3)23-20(24)17-12-10-16(11-13-17)7-4-5-8-18-9-6-14-26-18/h4-15,19H,1-3H3,(H,22,25)(H,23,24)/b7-4+,8-5+/t19-/m0/s1. The van der Waals surface area contributed by atoms with E-state index in [4.69, 9.17) is 4.42 Å². The predicted octanol–water partition coefficient (Wildman–Crippen LogP) is 3.51. The van der Waals surface area contributed by atoms with Crippen LogP contribution < -0.4 is 10.6 Å². The van der Waals surface area contributed by atoms with Gasteiger partial charge in [0.05, 0.1) is 6.26 Å². The number of allylic oxidation sites excluding steroid dienone is 2. The maximum Gasteiger partial charge on any atom is 0.251 e. The largest absolute Gasteiger partial charge is 0.465 e. The Balaban J connectivity index is 1.97. The van der Waals surface area contributed by atoms with Gasteiger partial charge < -0.3 is 15.1 Å². The monoisotopic (exact) mass is 352 g/mol. The Morgan fingerprint density at radius 2 is 1.73 bits per heavy atom. The van der Waals surface area contributed by atoms with Gasteiger partial charge in [-0.2, -0.15) is 0 Å². The molecule has 0 radical (unpaired) electrons. The predicted molar refractivity (Wildman–Crippen MR) is 103 cm³/mol. The number of hydrogen-bond donors (Lipinski definition) is 2. The van der Waals surface area contributed by atoms with E-state index < -0.39 is 6.04 Å². The molecule has 0 spiro atoms. The number of hydrogen-bond acceptors (Lipinski definition) is 3. The molecule has 0 aliphatic carbocycles. The maximum atomic E-state index is 12.4. The molecule has 0 fully saturated rings. The highest BCUT2D eigenvalue weighted by Gasteiger charge is 2.23. The highest BCUT2D eigenvalue weighted by atomic mass is 16.3. The molecule has 2 amide bonds. The van der Waals surface area contributed by atoms with Crippen molar-refractivity contribution in [3.63, 3.8) is 0 Å². The summed E-state index contributed by atoms with van der Waals surface area (Å²) < 4.78 is 5.21. The fraction of sp³-hybridized carbons (Fsp3) is 0.238. The van der Waals surface area contributed by atoms with Crippen LogP contribution >= 0.6 is 0 Å². The average Bonchev–Trinajstić information content (AvgIpc) is 3.16. The lowest BCUT2D eigenvalue weighted by atomic mass is 10.0. The van der Waals surface area contributed by atoms with Crippen molar-refractivity contribution in [3.8, 4) is 0 Å². The molecule has 1 aromatic carbocycles. The van der Waals surface area contributed by atoms with Crippen molar-refractivity contribution in [1.29, 1.82) is 0 Å². The van der Waals surface area contributed by atoms with E-state index in [0.717, 1.165) is 11.3 Å². The third-order valence-electron chi connectivity index (χ3n) is 3.86. The van der Waals surface area contributed by atoms with Gasteiger partial charge in [0.25, 0.3) is 5.91 Å². The second-order valence-electron chi connectivity index (χ2n) is 6.17. The summed E-state index contributed by atoms with van der Waals surface area (Å²) in [5.74, 6) is 0.330. The molecule has 0 unspecified atom stereocenters. The Morgan fingerprint density at radius 3 is 2.31 bits per heavy atom. The molecule has 1 aromatic heterocycles. The molecule has 0 aliphatic rings. The van der Waals surface area contributed by atoms with Crippen LogP contribution in [0.3, 0.4) is 0 Å². The SMILES string of the molecule is CNC(=O)[C@@H](NC(=O)c1ccc(/C=C/C=C/c2ccco2)cc1)C(C)C. The van der Waals surface area contributed by atoms with Crippen molar-refractivity contribution in [1.82, 2.24) is 10.6 Å². The fourth-order valence-corrected chi connectivity index (χ4v) is 2.36. The van der Waals surface area contributed by atoms with Gasteiger partial charge in [-0.05, 0) is 41.8 Å². The lowest BCUT2D eigenvalue weighted by Crippen LogP contribution is -2.48. The first-order chi connectivity index (χ1) is 12.5. The van der Waals surface area contributed by atoms with Crippen molar-refractivity contribution >= 4 is 24.0 Å². The fourth-order valence-electron chi connectivity index (χ4n) is 2.36. The summed E-state index contributed by atoms with van der Waals surface area (Å²) in [5, 5.41) is 5.36. The number of carbonyl (C=O) groups excluding carboxylic acids is 2. The van der Waals surface area contributed by atoms with Gasteiger partial charge in [-0.25, -0.2) is 0 Å². The molecule has 5 heteroatoms. The number of nitrogens with one attached hydrogen (secondary N) is 2. The zero-order valence-electron chi connectivity index (χ0n) is 15.2. The van der Waals surface area contributed by atoms with E-state index in [-0.39, 0.29) is 17.7 Å². The van der Waals surface area contributed by atoms with Crippen LogP contribution in [0.25, 0.3) is 12.2 Å². The van der Waals surface area contributed by atoms with Crippen molar-refractivity contribution < 1.29 is 14.0 Å². The molecule has 0 bridgehead atoms. The molecule has 1 heterocycles. The molecule has 1 atom stereocenters. The highest BCUT2D eigenvalue weighted by molar-refractivity contribution is 5.97. The van der Waals surface area contributed by atoms with E-state index in [2.05, 4.69) is 10.6 Å². The van der Waals surface area contributed by atoms with Gasteiger partial charge in [0.1, 0.15) is 11.8 Å². The third-order valence-corrected chi connectivity index (χ3v) is 3.86. The smallest absolute Gasteiger partial charge is 0.251 e. The molecule has 2 rings (SSSR count). The highest BCUT2D eigenvalue weighted by Crippen LogP contribution is 2.09. The minimum Gasteiger partial charge on any atom is -0.465 e.